The number of halogens is 1. The molecule has 0 amide bonds. The lowest BCUT2D eigenvalue weighted by Crippen LogP contribution is -2.36. The monoisotopic (exact) mass is 496 g/mol. The molecule has 9 heteroatoms. The zero-order valence-corrected chi connectivity index (χ0v) is 18.3. The predicted molar refractivity (Wildman–Crippen MR) is 119 cm³/mol. The van der Waals surface area contributed by atoms with Gasteiger partial charge in [-0.2, -0.15) is 0 Å². The lowest BCUT2D eigenvalue weighted by molar-refractivity contribution is 0.146. The van der Waals surface area contributed by atoms with Gasteiger partial charge in [0.15, 0.2) is 17.4 Å². The molecule has 0 aliphatic rings. The van der Waals surface area contributed by atoms with Crippen LogP contribution in [0, 0.1) is 0 Å². The third-order valence-electron chi connectivity index (χ3n) is 3.94. The molecule has 1 aromatic carbocycles. The van der Waals surface area contributed by atoms with Crippen molar-refractivity contribution in [2.45, 2.75) is 13.1 Å². The molecule has 0 aliphatic heterocycles. The van der Waals surface area contributed by atoms with Crippen LogP contribution < -0.4 is 15.4 Å². The van der Waals surface area contributed by atoms with Crippen molar-refractivity contribution in [3.8, 4) is 5.75 Å². The van der Waals surface area contributed by atoms with Crippen molar-refractivity contribution in [2.24, 2.45) is 4.99 Å². The number of aliphatic imine (C=N–C) groups is 1. The van der Waals surface area contributed by atoms with E-state index in [1.165, 1.54) is 0 Å². The third kappa shape index (κ3) is 6.06. The van der Waals surface area contributed by atoms with E-state index in [-0.39, 0.29) is 24.0 Å². The van der Waals surface area contributed by atoms with Crippen LogP contribution in [-0.2, 0) is 17.8 Å². The van der Waals surface area contributed by atoms with Gasteiger partial charge in [-0.3, -0.25) is 9.39 Å². The van der Waals surface area contributed by atoms with E-state index in [0.717, 1.165) is 22.8 Å². The van der Waals surface area contributed by atoms with Crippen LogP contribution in [-0.4, -0.2) is 47.9 Å². The first-order valence-electron chi connectivity index (χ1n) is 8.74. The Morgan fingerprint density at radius 1 is 1.07 bits per heavy atom. The Balaban J connectivity index is 0.00000280. The Kier molecular flexibility index (Phi) is 8.95. The summed E-state index contributed by atoms with van der Waals surface area (Å²) in [7, 11) is 3.40. The summed E-state index contributed by atoms with van der Waals surface area (Å²) in [5.41, 5.74) is 1.92. The van der Waals surface area contributed by atoms with Crippen LogP contribution in [0.15, 0.2) is 53.7 Å². The fourth-order valence-electron chi connectivity index (χ4n) is 2.57. The smallest absolute Gasteiger partial charge is 0.191 e. The zero-order valence-electron chi connectivity index (χ0n) is 16.0. The molecule has 0 spiro atoms. The Hall–Kier alpha value is -2.40. The SMILES string of the molecule is CN=C(NCc1cccc(OCCOC)c1)NCc1nnc2ccccn12.I. The maximum atomic E-state index is 5.64. The summed E-state index contributed by atoms with van der Waals surface area (Å²) in [6.45, 7) is 2.24. The molecule has 2 N–H and O–H groups in total. The summed E-state index contributed by atoms with van der Waals surface area (Å²) in [6.07, 6.45) is 1.94. The van der Waals surface area contributed by atoms with Gasteiger partial charge in [-0.25, -0.2) is 0 Å². The lowest BCUT2D eigenvalue weighted by Gasteiger charge is -2.12. The van der Waals surface area contributed by atoms with Gasteiger partial charge in [-0.05, 0) is 29.8 Å². The van der Waals surface area contributed by atoms with Crippen molar-refractivity contribution in [3.05, 3.63) is 60.0 Å². The van der Waals surface area contributed by atoms with Gasteiger partial charge < -0.3 is 20.1 Å². The second-order valence-corrected chi connectivity index (χ2v) is 5.81. The van der Waals surface area contributed by atoms with E-state index in [1.54, 1.807) is 14.2 Å². The summed E-state index contributed by atoms with van der Waals surface area (Å²) in [5, 5.41) is 14.9. The number of hydrogen-bond donors (Lipinski definition) is 2. The van der Waals surface area contributed by atoms with Gasteiger partial charge in [0, 0.05) is 26.9 Å². The first-order chi connectivity index (χ1) is 13.3. The first kappa shape index (κ1) is 21.9. The van der Waals surface area contributed by atoms with E-state index in [9.17, 15) is 0 Å². The van der Waals surface area contributed by atoms with E-state index < -0.39 is 0 Å². The molecular weight excluding hydrogens is 471 g/mol. The van der Waals surface area contributed by atoms with Gasteiger partial charge in [0.1, 0.15) is 12.4 Å². The van der Waals surface area contributed by atoms with E-state index in [2.05, 4.69) is 25.8 Å². The van der Waals surface area contributed by atoms with Gasteiger partial charge in [0.05, 0.1) is 13.2 Å². The second kappa shape index (κ2) is 11.4. The Labute approximate surface area is 181 Å². The number of methoxy groups -OCH3 is 1. The number of aromatic nitrogens is 3. The highest BCUT2D eigenvalue weighted by Crippen LogP contribution is 2.13. The maximum absolute atomic E-state index is 5.64. The van der Waals surface area contributed by atoms with E-state index in [0.29, 0.717) is 32.3 Å². The summed E-state index contributed by atoms with van der Waals surface area (Å²) in [4.78, 5) is 4.25. The summed E-state index contributed by atoms with van der Waals surface area (Å²) >= 11 is 0. The van der Waals surface area contributed by atoms with Crippen LogP contribution in [0.25, 0.3) is 5.65 Å². The highest BCUT2D eigenvalue weighted by molar-refractivity contribution is 14.0. The average molecular weight is 496 g/mol. The summed E-state index contributed by atoms with van der Waals surface area (Å²) in [6, 6.07) is 13.8. The molecule has 150 valence electrons. The highest BCUT2D eigenvalue weighted by atomic mass is 127. The quantitative estimate of drug-likeness (QED) is 0.216. The van der Waals surface area contributed by atoms with Gasteiger partial charge in [-0.1, -0.05) is 18.2 Å². The van der Waals surface area contributed by atoms with Crippen molar-refractivity contribution < 1.29 is 9.47 Å². The molecule has 2 aromatic heterocycles. The minimum Gasteiger partial charge on any atom is -0.491 e. The molecule has 3 aromatic rings. The van der Waals surface area contributed by atoms with Crippen LogP contribution in [0.4, 0.5) is 0 Å². The lowest BCUT2D eigenvalue weighted by atomic mass is 10.2. The molecule has 0 atom stereocenters. The van der Waals surface area contributed by atoms with Crippen molar-refractivity contribution in [1.29, 1.82) is 0 Å². The minimum absolute atomic E-state index is 0. The number of hydrogen-bond acceptors (Lipinski definition) is 5. The van der Waals surface area contributed by atoms with Gasteiger partial charge in [-0.15, -0.1) is 34.2 Å². The van der Waals surface area contributed by atoms with Crippen molar-refractivity contribution in [1.82, 2.24) is 25.2 Å². The fraction of sp³-hybridized carbons (Fsp3) is 0.316. The van der Waals surface area contributed by atoms with E-state index in [1.807, 2.05) is 53.1 Å². The van der Waals surface area contributed by atoms with Gasteiger partial charge >= 0.3 is 0 Å². The van der Waals surface area contributed by atoms with E-state index >= 15 is 0 Å². The standard InChI is InChI=1S/C19H24N6O2.HI/c1-20-19(22-14-18-24-23-17-8-3-4-9-25(17)18)21-13-15-6-5-7-16(12-15)27-11-10-26-2;/h3-9,12H,10-11,13-14H2,1-2H3,(H2,20,21,22);1H. The third-order valence-corrected chi connectivity index (χ3v) is 3.94. The van der Waals surface area contributed by atoms with Crippen molar-refractivity contribution in [2.75, 3.05) is 27.4 Å². The fourth-order valence-corrected chi connectivity index (χ4v) is 2.57. The number of guanidine groups is 1. The van der Waals surface area contributed by atoms with Crippen LogP contribution in [0.3, 0.4) is 0 Å². The first-order valence-corrected chi connectivity index (χ1v) is 8.74. The minimum atomic E-state index is 0. The van der Waals surface area contributed by atoms with Crippen LogP contribution in [0.1, 0.15) is 11.4 Å². The molecule has 0 saturated carbocycles. The molecule has 28 heavy (non-hydrogen) atoms. The number of pyridine rings is 1. The topological polar surface area (TPSA) is 85.1 Å². The molecule has 3 rings (SSSR count). The number of ether oxygens (including phenoxy) is 2. The summed E-state index contributed by atoms with van der Waals surface area (Å²) in [5.74, 6) is 2.33. The van der Waals surface area contributed by atoms with E-state index in [4.69, 9.17) is 9.47 Å². The molecule has 0 unspecified atom stereocenters. The molecule has 0 bridgehead atoms. The van der Waals surface area contributed by atoms with Crippen molar-refractivity contribution in [3.63, 3.8) is 0 Å². The molecule has 8 nitrogen and oxygen atoms in total. The molecule has 0 radical (unpaired) electrons. The van der Waals surface area contributed by atoms with Crippen LogP contribution in [0.5, 0.6) is 5.75 Å². The number of benzene rings is 1. The van der Waals surface area contributed by atoms with Crippen molar-refractivity contribution >= 4 is 35.6 Å². The molecule has 0 saturated heterocycles. The molecule has 2 heterocycles. The van der Waals surface area contributed by atoms with Gasteiger partial charge in [0.2, 0.25) is 0 Å². The van der Waals surface area contributed by atoms with Crippen LogP contribution >= 0.6 is 24.0 Å². The van der Waals surface area contributed by atoms with Gasteiger partial charge in [0.25, 0.3) is 0 Å². The second-order valence-electron chi connectivity index (χ2n) is 5.81. The number of nitrogens with zero attached hydrogens (tertiary/aromatic N) is 4. The number of rotatable bonds is 8. The summed E-state index contributed by atoms with van der Waals surface area (Å²) < 4.78 is 12.6. The van der Waals surface area contributed by atoms with Crippen LogP contribution in [0.2, 0.25) is 0 Å². The predicted octanol–water partition coefficient (Wildman–Crippen LogP) is 2.24. The molecular formula is C19H25IN6O2. The largest absolute Gasteiger partial charge is 0.491 e. The zero-order chi connectivity index (χ0) is 18.9. The normalized spacial score (nSPS) is 11.1. The Morgan fingerprint density at radius 3 is 2.75 bits per heavy atom. The molecule has 0 aliphatic carbocycles. The number of fused-ring (bicyclic) bond motifs is 1. The Bertz CT molecular complexity index is 899. The molecule has 0 fully saturated rings. The highest BCUT2D eigenvalue weighted by Gasteiger charge is 2.06. The number of nitrogens with one attached hydrogen (secondary N) is 2. The average Bonchev–Trinajstić information content (AvgIpc) is 3.12. The maximum Gasteiger partial charge on any atom is 0.191 e. The Morgan fingerprint density at radius 2 is 1.93 bits per heavy atom.